The molecule has 1 amide bonds. The SMILES string of the molecule is Cn1c(=S)[nH]c2cc(C(=O)Nc3cccc(I)c3)ccc2c1=O. The van der Waals surface area contributed by atoms with E-state index < -0.39 is 0 Å². The first-order valence-corrected chi connectivity index (χ1v) is 8.24. The van der Waals surface area contributed by atoms with Gasteiger partial charge in [-0.2, -0.15) is 0 Å². The van der Waals surface area contributed by atoms with Crippen LogP contribution in [0.25, 0.3) is 10.9 Å². The molecule has 0 atom stereocenters. The number of nitrogens with zero attached hydrogens (tertiary/aromatic N) is 1. The highest BCUT2D eigenvalue weighted by atomic mass is 127. The van der Waals surface area contributed by atoms with Crippen LogP contribution in [0.5, 0.6) is 0 Å². The third kappa shape index (κ3) is 3.20. The first-order valence-electron chi connectivity index (χ1n) is 6.76. The van der Waals surface area contributed by atoms with Crippen LogP contribution in [-0.2, 0) is 7.05 Å². The quantitative estimate of drug-likeness (QED) is 0.477. The van der Waals surface area contributed by atoms with Crippen LogP contribution in [0.4, 0.5) is 5.69 Å². The number of aromatic nitrogens is 2. The molecule has 0 bridgehead atoms. The molecular formula is C16H12IN3O2S. The van der Waals surface area contributed by atoms with E-state index in [-0.39, 0.29) is 11.5 Å². The number of hydrogen-bond acceptors (Lipinski definition) is 3. The molecule has 0 radical (unpaired) electrons. The number of halogens is 1. The average Bonchev–Trinajstić information content (AvgIpc) is 2.52. The van der Waals surface area contributed by atoms with Crippen LogP contribution in [0.2, 0.25) is 0 Å². The molecule has 0 spiro atoms. The Morgan fingerprint density at radius 3 is 2.78 bits per heavy atom. The van der Waals surface area contributed by atoms with Crippen LogP contribution in [0, 0.1) is 8.34 Å². The highest BCUT2D eigenvalue weighted by Crippen LogP contribution is 2.15. The lowest BCUT2D eigenvalue weighted by molar-refractivity contribution is 0.102. The van der Waals surface area contributed by atoms with Gasteiger partial charge in [-0.1, -0.05) is 6.07 Å². The minimum Gasteiger partial charge on any atom is -0.332 e. The molecule has 0 unspecified atom stereocenters. The molecule has 5 nitrogen and oxygen atoms in total. The van der Waals surface area contributed by atoms with Crippen molar-refractivity contribution < 1.29 is 4.79 Å². The Labute approximate surface area is 150 Å². The molecule has 0 saturated heterocycles. The number of nitrogens with one attached hydrogen (secondary N) is 2. The predicted molar refractivity (Wildman–Crippen MR) is 101 cm³/mol. The van der Waals surface area contributed by atoms with Crippen molar-refractivity contribution in [1.29, 1.82) is 0 Å². The Morgan fingerprint density at radius 1 is 1.26 bits per heavy atom. The number of carbonyl (C=O) groups is 1. The minimum absolute atomic E-state index is 0.187. The Hall–Kier alpha value is -2.00. The second-order valence-corrected chi connectivity index (χ2v) is 6.65. The molecule has 0 aliphatic heterocycles. The van der Waals surface area contributed by atoms with Crippen molar-refractivity contribution in [2.45, 2.75) is 0 Å². The number of fused-ring (bicyclic) bond motifs is 1. The standard InChI is InChI=1S/C16H12IN3O2S/c1-20-15(22)12-6-5-9(7-13(12)19-16(20)23)14(21)18-11-4-2-3-10(17)8-11/h2-8H,1H3,(H,18,21)(H,19,23). The summed E-state index contributed by atoms with van der Waals surface area (Å²) in [6, 6.07) is 12.4. The first-order chi connectivity index (χ1) is 11.0. The van der Waals surface area contributed by atoms with Crippen LogP contribution in [-0.4, -0.2) is 15.5 Å². The van der Waals surface area contributed by atoms with Gasteiger partial charge in [-0.25, -0.2) is 0 Å². The van der Waals surface area contributed by atoms with Gasteiger partial charge in [-0.05, 0) is 71.2 Å². The van der Waals surface area contributed by atoms with Crippen LogP contribution >= 0.6 is 34.8 Å². The van der Waals surface area contributed by atoms with E-state index in [9.17, 15) is 9.59 Å². The fourth-order valence-electron chi connectivity index (χ4n) is 2.22. The molecule has 0 fully saturated rings. The normalized spacial score (nSPS) is 10.7. The van der Waals surface area contributed by atoms with Gasteiger partial charge in [0.2, 0.25) is 0 Å². The van der Waals surface area contributed by atoms with Gasteiger partial charge in [0.05, 0.1) is 10.9 Å². The van der Waals surface area contributed by atoms with E-state index in [4.69, 9.17) is 12.2 Å². The zero-order valence-electron chi connectivity index (χ0n) is 12.1. The highest BCUT2D eigenvalue weighted by molar-refractivity contribution is 14.1. The fraction of sp³-hybridized carbons (Fsp3) is 0.0625. The number of amides is 1. The Bertz CT molecular complexity index is 1040. The summed E-state index contributed by atoms with van der Waals surface area (Å²) in [5.41, 5.74) is 1.54. The summed E-state index contributed by atoms with van der Waals surface area (Å²) in [6.45, 7) is 0. The van der Waals surface area contributed by atoms with Gasteiger partial charge in [0, 0.05) is 21.9 Å². The number of anilines is 1. The summed E-state index contributed by atoms with van der Waals surface area (Å²) in [6.07, 6.45) is 0. The van der Waals surface area contributed by atoms with E-state index in [1.165, 1.54) is 4.57 Å². The molecule has 1 aromatic heterocycles. The molecule has 23 heavy (non-hydrogen) atoms. The third-order valence-electron chi connectivity index (χ3n) is 3.45. The maximum atomic E-state index is 12.4. The van der Waals surface area contributed by atoms with E-state index in [0.29, 0.717) is 21.2 Å². The van der Waals surface area contributed by atoms with Crippen molar-refractivity contribution in [3.05, 3.63) is 66.7 Å². The van der Waals surface area contributed by atoms with Crippen LogP contribution < -0.4 is 10.9 Å². The molecule has 7 heteroatoms. The molecule has 0 aliphatic carbocycles. The number of H-pyrrole nitrogens is 1. The Morgan fingerprint density at radius 2 is 2.04 bits per heavy atom. The van der Waals surface area contributed by atoms with Crippen LogP contribution in [0.1, 0.15) is 10.4 Å². The Kier molecular flexibility index (Phi) is 4.31. The van der Waals surface area contributed by atoms with E-state index in [0.717, 1.165) is 9.26 Å². The van der Waals surface area contributed by atoms with Gasteiger partial charge < -0.3 is 10.3 Å². The summed E-state index contributed by atoms with van der Waals surface area (Å²) >= 11 is 7.29. The second-order valence-electron chi connectivity index (χ2n) is 5.02. The van der Waals surface area contributed by atoms with Crippen molar-refractivity contribution in [3.8, 4) is 0 Å². The van der Waals surface area contributed by atoms with Gasteiger partial charge in [0.25, 0.3) is 11.5 Å². The van der Waals surface area contributed by atoms with Crippen LogP contribution in [0.15, 0.2) is 47.3 Å². The van der Waals surface area contributed by atoms with Gasteiger partial charge in [0.1, 0.15) is 0 Å². The zero-order chi connectivity index (χ0) is 16.6. The summed E-state index contributed by atoms with van der Waals surface area (Å²) in [4.78, 5) is 27.5. The molecular weight excluding hydrogens is 425 g/mol. The largest absolute Gasteiger partial charge is 0.332 e. The predicted octanol–water partition coefficient (Wildman–Crippen LogP) is 3.45. The summed E-state index contributed by atoms with van der Waals surface area (Å²) in [7, 11) is 1.61. The first kappa shape index (κ1) is 15.9. The van der Waals surface area contributed by atoms with Gasteiger partial charge in [-0.3, -0.25) is 14.2 Å². The van der Waals surface area contributed by atoms with Gasteiger partial charge >= 0.3 is 0 Å². The molecule has 2 N–H and O–H groups in total. The molecule has 0 saturated carbocycles. The molecule has 3 rings (SSSR count). The monoisotopic (exact) mass is 437 g/mol. The van der Waals surface area contributed by atoms with Crippen molar-refractivity contribution in [2.24, 2.45) is 7.05 Å². The summed E-state index contributed by atoms with van der Waals surface area (Å²) < 4.78 is 2.72. The van der Waals surface area contributed by atoms with Crippen molar-refractivity contribution in [1.82, 2.24) is 9.55 Å². The second kappa shape index (κ2) is 6.25. The molecule has 3 aromatic rings. The summed E-state index contributed by atoms with van der Waals surface area (Å²) in [5.74, 6) is -0.242. The highest BCUT2D eigenvalue weighted by Gasteiger charge is 2.09. The number of rotatable bonds is 2. The molecule has 2 aromatic carbocycles. The number of hydrogen-bond donors (Lipinski definition) is 2. The number of benzene rings is 2. The third-order valence-corrected chi connectivity index (χ3v) is 4.49. The topological polar surface area (TPSA) is 66.9 Å². The number of aromatic amines is 1. The lowest BCUT2D eigenvalue weighted by Gasteiger charge is -2.07. The zero-order valence-corrected chi connectivity index (χ0v) is 15.1. The average molecular weight is 437 g/mol. The lowest BCUT2D eigenvalue weighted by atomic mass is 10.1. The molecule has 116 valence electrons. The Balaban J connectivity index is 2.00. The van der Waals surface area contributed by atoms with E-state index in [1.54, 1.807) is 25.2 Å². The molecule has 1 heterocycles. The number of carbonyl (C=O) groups excluding carboxylic acids is 1. The van der Waals surface area contributed by atoms with Crippen LogP contribution in [0.3, 0.4) is 0 Å². The van der Waals surface area contributed by atoms with Crippen molar-refractivity contribution >= 4 is 57.3 Å². The maximum absolute atomic E-state index is 12.4. The summed E-state index contributed by atoms with van der Waals surface area (Å²) in [5, 5.41) is 3.33. The minimum atomic E-state index is -0.242. The smallest absolute Gasteiger partial charge is 0.261 e. The maximum Gasteiger partial charge on any atom is 0.261 e. The fourth-order valence-corrected chi connectivity index (χ4v) is 2.95. The van der Waals surface area contributed by atoms with E-state index >= 15 is 0 Å². The van der Waals surface area contributed by atoms with E-state index in [2.05, 4.69) is 32.9 Å². The van der Waals surface area contributed by atoms with Gasteiger partial charge in [0.15, 0.2) is 4.77 Å². The van der Waals surface area contributed by atoms with Crippen molar-refractivity contribution in [3.63, 3.8) is 0 Å². The molecule has 0 aliphatic rings. The van der Waals surface area contributed by atoms with E-state index in [1.807, 2.05) is 24.3 Å². The van der Waals surface area contributed by atoms with Crippen molar-refractivity contribution in [2.75, 3.05) is 5.32 Å². The van der Waals surface area contributed by atoms with Gasteiger partial charge in [-0.15, -0.1) is 0 Å². The lowest BCUT2D eigenvalue weighted by Crippen LogP contribution is -2.19.